The summed E-state index contributed by atoms with van der Waals surface area (Å²) in [6.45, 7) is 0. The molecule has 1 unspecified atom stereocenters. The Morgan fingerprint density at radius 1 is 0.848 bits per heavy atom. The minimum atomic E-state index is -1.18. The number of aromatic nitrogens is 1. The molecule has 1 aromatic heterocycles. The number of para-hydroxylation sites is 2. The van der Waals surface area contributed by atoms with Gasteiger partial charge >= 0.3 is 11.6 Å². The summed E-state index contributed by atoms with van der Waals surface area (Å²) in [5.74, 6) is -0.746. The van der Waals surface area contributed by atoms with E-state index in [1.807, 2.05) is 0 Å². The van der Waals surface area contributed by atoms with Gasteiger partial charge in [0, 0.05) is 23.3 Å². The number of ether oxygens (including phenoxy) is 2. The highest BCUT2D eigenvalue weighted by atomic mass is 16.7. The van der Waals surface area contributed by atoms with E-state index in [0.717, 1.165) is 0 Å². The summed E-state index contributed by atoms with van der Waals surface area (Å²) in [4.78, 5) is 40.6. The molecular weight excluding hydrogens is 428 g/mol. The maximum atomic E-state index is 13.1. The summed E-state index contributed by atoms with van der Waals surface area (Å²) in [7, 11) is 0. The van der Waals surface area contributed by atoms with Crippen molar-refractivity contribution in [2.24, 2.45) is 0 Å². The van der Waals surface area contributed by atoms with Crippen molar-refractivity contribution in [1.29, 1.82) is 0 Å². The van der Waals surface area contributed by atoms with E-state index in [1.165, 1.54) is 24.3 Å². The summed E-state index contributed by atoms with van der Waals surface area (Å²) < 4.78 is 16.8. The summed E-state index contributed by atoms with van der Waals surface area (Å²) in [5.41, 5.74) is 0.244. The molecule has 0 fully saturated rings. The molecule has 0 saturated heterocycles. The summed E-state index contributed by atoms with van der Waals surface area (Å²) in [6.07, 6.45) is -1.18. The molecule has 9 heteroatoms. The molecule has 5 rings (SSSR count). The monoisotopic (exact) mass is 442 g/mol. The van der Waals surface area contributed by atoms with Gasteiger partial charge in [-0.15, -0.1) is 0 Å². The minimum absolute atomic E-state index is 0.0882. The van der Waals surface area contributed by atoms with Gasteiger partial charge in [-0.3, -0.25) is 10.1 Å². The second kappa shape index (κ2) is 8.04. The van der Waals surface area contributed by atoms with Gasteiger partial charge in [0.1, 0.15) is 16.8 Å². The predicted octanol–water partition coefficient (Wildman–Crippen LogP) is 4.24. The van der Waals surface area contributed by atoms with E-state index in [9.17, 15) is 19.7 Å². The predicted molar refractivity (Wildman–Crippen MR) is 117 cm³/mol. The molecule has 1 atom stereocenters. The van der Waals surface area contributed by atoms with Crippen LogP contribution in [0.25, 0.3) is 22.4 Å². The Morgan fingerprint density at radius 3 is 2.27 bits per heavy atom. The molecule has 9 nitrogen and oxygen atoms in total. The van der Waals surface area contributed by atoms with Crippen LogP contribution in [0, 0.1) is 10.1 Å². The topological polar surface area (TPSA) is 122 Å². The van der Waals surface area contributed by atoms with Crippen molar-refractivity contribution in [3.8, 4) is 0 Å². The molecule has 0 saturated carbocycles. The molecule has 0 aliphatic carbocycles. The molecule has 1 aliphatic rings. The normalized spacial score (nSPS) is 15.8. The Kier molecular flexibility index (Phi) is 4.91. The van der Waals surface area contributed by atoms with Crippen molar-refractivity contribution in [2.45, 2.75) is 6.29 Å². The van der Waals surface area contributed by atoms with Gasteiger partial charge in [0.15, 0.2) is 11.3 Å². The van der Waals surface area contributed by atoms with Crippen molar-refractivity contribution in [1.82, 2.24) is 4.98 Å². The molecular formula is C24H14N2O7. The van der Waals surface area contributed by atoms with Crippen molar-refractivity contribution >= 4 is 34.1 Å². The molecule has 0 amide bonds. The van der Waals surface area contributed by atoms with Crippen LogP contribution >= 0.6 is 0 Å². The Bertz CT molecular complexity index is 1470. The Morgan fingerprint density at radius 2 is 1.55 bits per heavy atom. The largest absolute Gasteiger partial charge is 0.449 e. The van der Waals surface area contributed by atoms with Crippen LogP contribution in [0.4, 0.5) is 5.69 Å². The molecule has 0 bridgehead atoms. The van der Waals surface area contributed by atoms with E-state index in [4.69, 9.17) is 13.9 Å². The van der Waals surface area contributed by atoms with E-state index in [2.05, 4.69) is 4.98 Å². The maximum Gasteiger partial charge on any atom is 0.363 e. The van der Waals surface area contributed by atoms with Crippen LogP contribution in [0.3, 0.4) is 0 Å². The van der Waals surface area contributed by atoms with Crippen molar-refractivity contribution in [3.63, 3.8) is 0 Å². The smallest absolute Gasteiger partial charge is 0.363 e. The number of nitro groups is 1. The van der Waals surface area contributed by atoms with Crippen LogP contribution in [0.2, 0.25) is 0 Å². The van der Waals surface area contributed by atoms with Crippen LogP contribution in [-0.2, 0) is 14.3 Å². The number of hydrogen-bond donors (Lipinski definition) is 0. The van der Waals surface area contributed by atoms with Crippen LogP contribution in [0.15, 0.2) is 88.1 Å². The molecule has 33 heavy (non-hydrogen) atoms. The highest BCUT2D eigenvalue weighted by Crippen LogP contribution is 2.38. The van der Waals surface area contributed by atoms with E-state index in [0.29, 0.717) is 16.6 Å². The van der Waals surface area contributed by atoms with Crippen LogP contribution < -0.4 is 5.63 Å². The highest BCUT2D eigenvalue weighted by molar-refractivity contribution is 6.23. The molecule has 0 spiro atoms. The summed E-state index contributed by atoms with van der Waals surface area (Å²) in [6, 6.07) is 20.8. The molecule has 2 heterocycles. The standard InChI is InChI=1S/C24H14N2O7/c27-22-19(20-23(28)31-18-9-5-4-8-17(18)25-20)21(14-6-2-1-3-7-14)32-24(33-22)15-10-12-16(13-11-15)26(29)30/h1-13,24H. The number of cyclic esters (lactones) is 1. The van der Waals surface area contributed by atoms with E-state index in [1.54, 1.807) is 54.6 Å². The van der Waals surface area contributed by atoms with Gasteiger partial charge in [-0.2, -0.15) is 0 Å². The number of hydrogen-bond acceptors (Lipinski definition) is 8. The fourth-order valence-electron chi connectivity index (χ4n) is 3.44. The van der Waals surface area contributed by atoms with E-state index >= 15 is 0 Å². The van der Waals surface area contributed by atoms with Gasteiger partial charge < -0.3 is 13.9 Å². The first kappa shape index (κ1) is 20.1. The number of fused-ring (bicyclic) bond motifs is 1. The average molecular weight is 442 g/mol. The average Bonchev–Trinajstić information content (AvgIpc) is 2.84. The van der Waals surface area contributed by atoms with Gasteiger partial charge in [-0.05, 0) is 24.3 Å². The third kappa shape index (κ3) is 3.72. The fraction of sp³-hybridized carbons (Fsp3) is 0.0417. The number of carbonyl (C=O) groups is 1. The molecule has 4 aromatic rings. The SMILES string of the molecule is O=C1OC(c2ccc([N+](=O)[O-])cc2)OC(c2ccccc2)=C1c1nc2ccccc2oc1=O. The van der Waals surface area contributed by atoms with Crippen molar-refractivity contribution in [2.75, 3.05) is 0 Å². The Labute approximate surface area is 185 Å². The van der Waals surface area contributed by atoms with E-state index < -0.39 is 22.8 Å². The lowest BCUT2D eigenvalue weighted by Crippen LogP contribution is -2.26. The lowest BCUT2D eigenvalue weighted by atomic mass is 10.0. The number of rotatable bonds is 4. The van der Waals surface area contributed by atoms with Gasteiger partial charge in [-0.1, -0.05) is 42.5 Å². The second-order valence-corrected chi connectivity index (χ2v) is 7.09. The zero-order valence-corrected chi connectivity index (χ0v) is 16.8. The number of nitro benzene ring substituents is 1. The molecule has 1 aliphatic heterocycles. The van der Waals surface area contributed by atoms with Gasteiger partial charge in [0.2, 0.25) is 0 Å². The Hall–Kier alpha value is -4.79. The van der Waals surface area contributed by atoms with Gasteiger partial charge in [-0.25, -0.2) is 14.6 Å². The lowest BCUT2D eigenvalue weighted by molar-refractivity contribution is -0.384. The van der Waals surface area contributed by atoms with Crippen molar-refractivity contribution in [3.05, 3.63) is 116 Å². The number of carbonyl (C=O) groups excluding carboxylic acids is 1. The summed E-state index contributed by atoms with van der Waals surface area (Å²) >= 11 is 0. The molecule has 162 valence electrons. The second-order valence-electron chi connectivity index (χ2n) is 7.09. The first-order valence-corrected chi connectivity index (χ1v) is 9.83. The third-order valence-electron chi connectivity index (χ3n) is 5.01. The highest BCUT2D eigenvalue weighted by Gasteiger charge is 2.36. The fourth-order valence-corrected chi connectivity index (χ4v) is 3.44. The maximum absolute atomic E-state index is 13.1. The van der Waals surface area contributed by atoms with Crippen LogP contribution in [-0.4, -0.2) is 15.9 Å². The number of esters is 1. The lowest BCUT2D eigenvalue weighted by Gasteiger charge is -2.27. The third-order valence-corrected chi connectivity index (χ3v) is 5.01. The van der Waals surface area contributed by atoms with Gasteiger partial charge in [0.25, 0.3) is 12.0 Å². The first-order chi connectivity index (χ1) is 16.0. The molecule has 3 aromatic carbocycles. The number of nitrogens with zero attached hydrogens (tertiary/aromatic N) is 2. The zero-order chi connectivity index (χ0) is 22.9. The van der Waals surface area contributed by atoms with Crippen LogP contribution in [0.5, 0.6) is 0 Å². The van der Waals surface area contributed by atoms with Crippen molar-refractivity contribution < 1.29 is 23.6 Å². The van der Waals surface area contributed by atoms with Crippen LogP contribution in [0.1, 0.15) is 23.1 Å². The summed E-state index contributed by atoms with van der Waals surface area (Å²) in [5, 5.41) is 10.9. The molecule has 0 radical (unpaired) electrons. The Balaban J connectivity index is 1.66. The zero-order valence-electron chi connectivity index (χ0n) is 16.8. The quantitative estimate of drug-likeness (QED) is 0.261. The first-order valence-electron chi connectivity index (χ1n) is 9.83. The minimum Gasteiger partial charge on any atom is -0.449 e. The van der Waals surface area contributed by atoms with E-state index in [-0.39, 0.29) is 28.3 Å². The number of non-ortho nitro benzene ring substituents is 1. The van der Waals surface area contributed by atoms with Gasteiger partial charge in [0.05, 0.1) is 4.92 Å². The number of benzene rings is 3. The molecule has 0 N–H and O–H groups in total.